The van der Waals surface area contributed by atoms with Crippen LogP contribution in [0.5, 0.6) is 0 Å². The highest BCUT2D eigenvalue weighted by Gasteiger charge is 2.21. The lowest BCUT2D eigenvalue weighted by atomic mass is 10.1. The van der Waals surface area contributed by atoms with E-state index >= 15 is 0 Å². The molecule has 0 atom stereocenters. The molecule has 6 rings (SSSR count). The van der Waals surface area contributed by atoms with E-state index in [9.17, 15) is 4.39 Å². The molecule has 0 spiro atoms. The van der Waals surface area contributed by atoms with Crippen LogP contribution in [0, 0.1) is 19.7 Å². The SMILES string of the molecule is Cc1cc2nc(-c3cccc4c3oc3cc(F)ccc34)n(-c3ccccc3)c2c(C)n1. The molecule has 150 valence electrons. The summed E-state index contributed by atoms with van der Waals surface area (Å²) in [5, 5.41) is 1.82. The number of aromatic nitrogens is 3. The molecule has 0 amide bonds. The van der Waals surface area contributed by atoms with Crippen LogP contribution < -0.4 is 0 Å². The van der Waals surface area contributed by atoms with Gasteiger partial charge >= 0.3 is 0 Å². The number of hydrogen-bond donors (Lipinski definition) is 0. The smallest absolute Gasteiger partial charge is 0.149 e. The summed E-state index contributed by atoms with van der Waals surface area (Å²) in [4.78, 5) is 9.68. The number of para-hydroxylation sites is 2. The minimum absolute atomic E-state index is 0.318. The number of halogens is 1. The summed E-state index contributed by atoms with van der Waals surface area (Å²) in [6.45, 7) is 3.98. The highest BCUT2D eigenvalue weighted by molar-refractivity contribution is 6.09. The van der Waals surface area contributed by atoms with Crippen molar-refractivity contribution in [2.24, 2.45) is 0 Å². The Morgan fingerprint density at radius 1 is 0.839 bits per heavy atom. The summed E-state index contributed by atoms with van der Waals surface area (Å²) in [6, 6.07) is 22.7. The van der Waals surface area contributed by atoms with Gasteiger partial charge in [-0.15, -0.1) is 0 Å². The second-order valence-corrected chi connectivity index (χ2v) is 7.75. The number of aryl methyl sites for hydroxylation is 2. The van der Waals surface area contributed by atoms with Crippen molar-refractivity contribution in [1.82, 2.24) is 14.5 Å². The molecule has 3 aromatic heterocycles. The van der Waals surface area contributed by atoms with Gasteiger partial charge in [0.1, 0.15) is 22.8 Å². The molecule has 0 aliphatic carbocycles. The number of furan rings is 1. The average Bonchev–Trinajstić information content (AvgIpc) is 3.32. The highest BCUT2D eigenvalue weighted by atomic mass is 19.1. The molecule has 0 N–H and O–H groups in total. The van der Waals surface area contributed by atoms with E-state index in [0.717, 1.165) is 50.3 Å². The maximum absolute atomic E-state index is 13.8. The van der Waals surface area contributed by atoms with Crippen LogP contribution in [0.15, 0.2) is 77.2 Å². The molecule has 0 unspecified atom stereocenters. The number of rotatable bonds is 2. The molecular formula is C26H18FN3O. The molecule has 0 aliphatic rings. The zero-order valence-electron chi connectivity index (χ0n) is 17.1. The van der Waals surface area contributed by atoms with Gasteiger partial charge in [-0.25, -0.2) is 9.37 Å². The molecule has 3 heterocycles. The van der Waals surface area contributed by atoms with Crippen molar-refractivity contribution in [3.8, 4) is 17.1 Å². The van der Waals surface area contributed by atoms with Gasteiger partial charge in [-0.05, 0) is 50.2 Å². The Bertz CT molecular complexity index is 1610. The third kappa shape index (κ3) is 2.66. The average molecular weight is 407 g/mol. The predicted octanol–water partition coefficient (Wildman–Crippen LogP) is 6.74. The molecule has 0 radical (unpaired) electrons. The Hall–Kier alpha value is -3.99. The summed E-state index contributed by atoms with van der Waals surface area (Å²) in [6.07, 6.45) is 0. The largest absolute Gasteiger partial charge is 0.455 e. The third-order valence-electron chi connectivity index (χ3n) is 5.65. The van der Waals surface area contributed by atoms with Crippen LogP contribution in [0.1, 0.15) is 11.4 Å². The predicted molar refractivity (Wildman–Crippen MR) is 121 cm³/mol. The summed E-state index contributed by atoms with van der Waals surface area (Å²) in [7, 11) is 0. The van der Waals surface area contributed by atoms with Crippen molar-refractivity contribution < 1.29 is 8.81 Å². The molecule has 0 fully saturated rings. The Morgan fingerprint density at radius 3 is 2.52 bits per heavy atom. The Morgan fingerprint density at radius 2 is 1.68 bits per heavy atom. The zero-order chi connectivity index (χ0) is 21.1. The summed E-state index contributed by atoms with van der Waals surface area (Å²) in [5.74, 6) is 0.448. The number of pyridine rings is 1. The first kappa shape index (κ1) is 17.8. The fourth-order valence-corrected chi connectivity index (χ4v) is 4.39. The van der Waals surface area contributed by atoms with Crippen LogP contribution in [0.3, 0.4) is 0 Å². The third-order valence-corrected chi connectivity index (χ3v) is 5.65. The first-order chi connectivity index (χ1) is 15.1. The summed E-state index contributed by atoms with van der Waals surface area (Å²) < 4.78 is 22.1. The fourth-order valence-electron chi connectivity index (χ4n) is 4.39. The lowest BCUT2D eigenvalue weighted by Gasteiger charge is -2.11. The standard InChI is InChI=1S/C26H18FN3O/c1-15-13-22-24(16(2)28-15)30(18-7-4-3-5-8-18)26(29-22)21-10-6-9-20-19-12-11-17(27)14-23(19)31-25(20)21/h3-14H,1-2H3. The van der Waals surface area contributed by atoms with Crippen LogP contribution >= 0.6 is 0 Å². The Balaban J connectivity index is 1.75. The molecular weight excluding hydrogens is 389 g/mol. The summed E-state index contributed by atoms with van der Waals surface area (Å²) in [5.41, 5.74) is 6.74. The van der Waals surface area contributed by atoms with E-state index in [0.29, 0.717) is 11.2 Å². The number of hydrogen-bond acceptors (Lipinski definition) is 3. The minimum atomic E-state index is -0.318. The van der Waals surface area contributed by atoms with Crippen molar-refractivity contribution in [2.45, 2.75) is 13.8 Å². The van der Waals surface area contributed by atoms with Crippen LogP contribution in [0.4, 0.5) is 4.39 Å². The first-order valence-corrected chi connectivity index (χ1v) is 10.1. The van der Waals surface area contributed by atoms with Gasteiger partial charge in [-0.2, -0.15) is 0 Å². The zero-order valence-corrected chi connectivity index (χ0v) is 17.1. The molecule has 3 aromatic carbocycles. The van der Waals surface area contributed by atoms with Gasteiger partial charge in [0, 0.05) is 28.2 Å². The Labute approximate surface area is 177 Å². The van der Waals surface area contributed by atoms with E-state index in [2.05, 4.69) is 21.7 Å². The van der Waals surface area contributed by atoms with Gasteiger partial charge in [0.05, 0.1) is 22.3 Å². The topological polar surface area (TPSA) is 43.9 Å². The van der Waals surface area contributed by atoms with Gasteiger partial charge in [-0.1, -0.05) is 30.3 Å². The van der Waals surface area contributed by atoms with E-state index in [1.807, 2.05) is 56.3 Å². The first-order valence-electron chi connectivity index (χ1n) is 10.1. The highest BCUT2D eigenvalue weighted by Crippen LogP contribution is 2.38. The minimum Gasteiger partial charge on any atom is -0.455 e. The number of imidazole rings is 1. The van der Waals surface area contributed by atoms with Crippen molar-refractivity contribution in [3.05, 3.63) is 90.0 Å². The maximum atomic E-state index is 13.8. The van der Waals surface area contributed by atoms with E-state index in [4.69, 9.17) is 9.40 Å². The maximum Gasteiger partial charge on any atom is 0.149 e. The van der Waals surface area contributed by atoms with E-state index in [1.54, 1.807) is 6.07 Å². The molecule has 0 saturated carbocycles. The molecule has 0 aliphatic heterocycles. The molecule has 0 bridgehead atoms. The summed E-state index contributed by atoms with van der Waals surface area (Å²) >= 11 is 0. The van der Waals surface area contributed by atoms with Gasteiger partial charge in [0.25, 0.3) is 0 Å². The van der Waals surface area contributed by atoms with E-state index in [1.165, 1.54) is 12.1 Å². The normalized spacial score (nSPS) is 11.7. The van der Waals surface area contributed by atoms with Crippen LogP contribution in [0.2, 0.25) is 0 Å². The molecule has 31 heavy (non-hydrogen) atoms. The second-order valence-electron chi connectivity index (χ2n) is 7.75. The number of nitrogens with zero attached hydrogens (tertiary/aromatic N) is 3. The number of benzene rings is 3. The van der Waals surface area contributed by atoms with Crippen molar-refractivity contribution in [2.75, 3.05) is 0 Å². The van der Waals surface area contributed by atoms with Crippen LogP contribution in [0.25, 0.3) is 50.0 Å². The second kappa shape index (κ2) is 6.51. The van der Waals surface area contributed by atoms with Crippen molar-refractivity contribution >= 4 is 33.0 Å². The van der Waals surface area contributed by atoms with E-state index < -0.39 is 0 Å². The van der Waals surface area contributed by atoms with Crippen molar-refractivity contribution in [1.29, 1.82) is 0 Å². The quantitative estimate of drug-likeness (QED) is 0.319. The van der Waals surface area contributed by atoms with Gasteiger partial charge in [0.15, 0.2) is 0 Å². The van der Waals surface area contributed by atoms with Gasteiger partial charge in [-0.3, -0.25) is 9.55 Å². The monoisotopic (exact) mass is 407 g/mol. The Kier molecular flexibility index (Phi) is 3.74. The van der Waals surface area contributed by atoms with Crippen LogP contribution in [-0.2, 0) is 0 Å². The molecule has 5 heteroatoms. The fraction of sp³-hybridized carbons (Fsp3) is 0.0769. The lowest BCUT2D eigenvalue weighted by molar-refractivity contribution is 0.618. The molecule has 0 saturated heterocycles. The molecule has 6 aromatic rings. The van der Waals surface area contributed by atoms with Crippen LogP contribution in [-0.4, -0.2) is 14.5 Å². The lowest BCUT2D eigenvalue weighted by Crippen LogP contribution is -1.99. The van der Waals surface area contributed by atoms with E-state index in [-0.39, 0.29) is 5.82 Å². The number of fused-ring (bicyclic) bond motifs is 4. The van der Waals surface area contributed by atoms with Gasteiger partial charge in [0.2, 0.25) is 0 Å². The molecule has 4 nitrogen and oxygen atoms in total. The van der Waals surface area contributed by atoms with Gasteiger partial charge < -0.3 is 4.42 Å². The van der Waals surface area contributed by atoms with Crippen molar-refractivity contribution in [3.63, 3.8) is 0 Å².